The molecule has 3 aromatic rings. The van der Waals surface area contributed by atoms with Gasteiger partial charge >= 0.3 is 0 Å². The lowest BCUT2D eigenvalue weighted by molar-refractivity contribution is -0.119. The lowest BCUT2D eigenvalue weighted by Gasteiger charge is -2.24. The molecule has 0 atom stereocenters. The number of hydrogen-bond acceptors (Lipinski definition) is 7. The topological polar surface area (TPSA) is 107 Å². The monoisotopic (exact) mass is 509 g/mol. The van der Waals surface area contributed by atoms with Gasteiger partial charge in [0.25, 0.3) is 15.9 Å². The molecule has 0 saturated carbocycles. The molecule has 1 N–H and O–H groups in total. The van der Waals surface area contributed by atoms with E-state index in [0.717, 1.165) is 9.87 Å². The predicted molar refractivity (Wildman–Crippen MR) is 136 cm³/mol. The van der Waals surface area contributed by atoms with Crippen LogP contribution in [-0.2, 0) is 14.8 Å². The van der Waals surface area contributed by atoms with Crippen LogP contribution in [0.4, 0.5) is 5.69 Å². The Bertz CT molecular complexity index is 1340. The van der Waals surface area contributed by atoms with E-state index in [1.807, 2.05) is 13.8 Å². The molecule has 3 aromatic carbocycles. The van der Waals surface area contributed by atoms with E-state index >= 15 is 0 Å². The van der Waals surface area contributed by atoms with Crippen LogP contribution in [-0.4, -0.2) is 46.9 Å². The van der Waals surface area contributed by atoms with Crippen molar-refractivity contribution < 1.29 is 27.4 Å². The van der Waals surface area contributed by atoms with Gasteiger partial charge in [0.1, 0.15) is 25.5 Å². The van der Waals surface area contributed by atoms with Crippen molar-refractivity contribution in [2.75, 3.05) is 30.7 Å². The summed E-state index contributed by atoms with van der Waals surface area (Å²) in [4.78, 5) is 12.8. The summed E-state index contributed by atoms with van der Waals surface area (Å²) >= 11 is 0. The first kappa shape index (κ1) is 25.1. The van der Waals surface area contributed by atoms with E-state index in [-0.39, 0.29) is 4.90 Å². The highest BCUT2D eigenvalue weighted by molar-refractivity contribution is 7.92. The number of rotatable bonds is 9. The molecule has 0 unspecified atom stereocenters. The van der Waals surface area contributed by atoms with Crippen LogP contribution in [0.5, 0.6) is 17.2 Å². The lowest BCUT2D eigenvalue weighted by Crippen LogP contribution is -2.39. The number of anilines is 1. The molecule has 1 aliphatic heterocycles. The molecule has 9 nitrogen and oxygen atoms in total. The van der Waals surface area contributed by atoms with Gasteiger partial charge in [-0.25, -0.2) is 13.8 Å². The Hall–Kier alpha value is -4.05. The van der Waals surface area contributed by atoms with Gasteiger partial charge < -0.3 is 14.2 Å². The summed E-state index contributed by atoms with van der Waals surface area (Å²) in [6.45, 7) is 4.61. The smallest absolute Gasteiger partial charge is 0.264 e. The molecule has 0 saturated heterocycles. The van der Waals surface area contributed by atoms with Crippen LogP contribution < -0.4 is 23.9 Å². The number of nitrogens with one attached hydrogen (secondary N) is 1. The van der Waals surface area contributed by atoms with E-state index in [9.17, 15) is 13.2 Å². The molecule has 1 amide bonds. The second kappa shape index (κ2) is 11.1. The summed E-state index contributed by atoms with van der Waals surface area (Å²) in [6, 6.07) is 18.3. The average Bonchev–Trinajstić information content (AvgIpc) is 2.88. The van der Waals surface area contributed by atoms with Crippen molar-refractivity contribution in [1.82, 2.24) is 5.43 Å². The summed E-state index contributed by atoms with van der Waals surface area (Å²) in [7, 11) is -4.05. The van der Waals surface area contributed by atoms with Crippen molar-refractivity contribution in [2.45, 2.75) is 18.7 Å². The Morgan fingerprint density at radius 1 is 1.06 bits per heavy atom. The van der Waals surface area contributed by atoms with E-state index in [1.165, 1.54) is 18.3 Å². The van der Waals surface area contributed by atoms with Crippen LogP contribution in [0.2, 0.25) is 0 Å². The third-order valence-electron chi connectivity index (χ3n) is 5.32. The maximum atomic E-state index is 13.5. The van der Waals surface area contributed by atoms with Crippen molar-refractivity contribution >= 4 is 27.8 Å². The number of carbonyl (C=O) groups is 1. The number of nitrogens with zero attached hydrogens (tertiary/aromatic N) is 2. The number of hydrogen-bond donors (Lipinski definition) is 1. The number of benzene rings is 3. The summed E-state index contributed by atoms with van der Waals surface area (Å²) in [5.74, 6) is 1.09. The Morgan fingerprint density at radius 3 is 2.50 bits per heavy atom. The molecule has 0 aromatic heterocycles. The highest BCUT2D eigenvalue weighted by Gasteiger charge is 2.27. The van der Waals surface area contributed by atoms with Crippen molar-refractivity contribution in [2.24, 2.45) is 5.10 Å². The van der Waals surface area contributed by atoms with Gasteiger partial charge in [0.15, 0.2) is 11.5 Å². The molecule has 36 heavy (non-hydrogen) atoms. The molecular weight excluding hydrogens is 482 g/mol. The quantitative estimate of drug-likeness (QED) is 0.350. The average molecular weight is 510 g/mol. The summed E-state index contributed by atoms with van der Waals surface area (Å²) in [6.07, 6.45) is 1.43. The fourth-order valence-electron chi connectivity index (χ4n) is 3.57. The van der Waals surface area contributed by atoms with Crippen LogP contribution in [0, 0.1) is 6.92 Å². The lowest BCUT2D eigenvalue weighted by atomic mass is 10.2. The van der Waals surface area contributed by atoms with Crippen molar-refractivity contribution in [3.05, 3.63) is 77.9 Å². The molecule has 0 radical (unpaired) electrons. The van der Waals surface area contributed by atoms with E-state index in [1.54, 1.807) is 54.6 Å². The Labute approximate surface area is 210 Å². The van der Waals surface area contributed by atoms with Gasteiger partial charge in [-0.05, 0) is 62.4 Å². The van der Waals surface area contributed by atoms with Crippen molar-refractivity contribution in [3.63, 3.8) is 0 Å². The van der Waals surface area contributed by atoms with Gasteiger partial charge in [0.2, 0.25) is 0 Å². The van der Waals surface area contributed by atoms with Crippen molar-refractivity contribution in [1.29, 1.82) is 0 Å². The zero-order valence-corrected chi connectivity index (χ0v) is 20.8. The minimum absolute atomic E-state index is 0.0379. The van der Waals surface area contributed by atoms with Gasteiger partial charge in [-0.15, -0.1) is 0 Å². The molecule has 1 aliphatic rings. The zero-order valence-electron chi connectivity index (χ0n) is 20.0. The predicted octanol–water partition coefficient (Wildman–Crippen LogP) is 3.51. The number of amides is 1. The normalized spacial score (nSPS) is 12.8. The Morgan fingerprint density at radius 2 is 1.78 bits per heavy atom. The molecular formula is C26H27N3O6S. The molecule has 0 aliphatic carbocycles. The number of sulfonamides is 1. The van der Waals surface area contributed by atoms with Crippen LogP contribution in [0.1, 0.15) is 18.1 Å². The molecule has 10 heteroatoms. The molecule has 4 rings (SSSR count). The molecule has 0 bridgehead atoms. The van der Waals surface area contributed by atoms with Crippen LogP contribution in [0.3, 0.4) is 0 Å². The summed E-state index contributed by atoms with van der Waals surface area (Å²) < 4.78 is 44.7. The van der Waals surface area contributed by atoms with Crippen LogP contribution >= 0.6 is 0 Å². The standard InChI is InChI=1S/C26H27N3O6S/c1-3-33-22-11-13-23(14-12-22)36(31,32)29(21-9-7-19(2)8-10-21)18-25(30)28-27-17-20-5-4-6-24-26(20)35-16-15-34-24/h4-14,17H,3,15-16,18H2,1-2H3,(H,28,30)/b27-17-. The zero-order chi connectivity index (χ0) is 25.5. The summed E-state index contributed by atoms with van der Waals surface area (Å²) in [5, 5.41) is 4.00. The van der Waals surface area contributed by atoms with Crippen molar-refractivity contribution in [3.8, 4) is 17.2 Å². The maximum Gasteiger partial charge on any atom is 0.264 e. The fourth-order valence-corrected chi connectivity index (χ4v) is 4.99. The number of para-hydroxylation sites is 1. The van der Waals surface area contributed by atoms with E-state index in [0.29, 0.717) is 48.3 Å². The van der Waals surface area contributed by atoms with Gasteiger partial charge in [0, 0.05) is 5.56 Å². The summed E-state index contributed by atoms with van der Waals surface area (Å²) in [5.41, 5.74) is 4.36. The molecule has 1 heterocycles. The Balaban J connectivity index is 1.54. The second-order valence-electron chi connectivity index (χ2n) is 7.92. The van der Waals surface area contributed by atoms with Crippen LogP contribution in [0.25, 0.3) is 0 Å². The first-order valence-corrected chi connectivity index (χ1v) is 12.9. The van der Waals surface area contributed by atoms with Gasteiger partial charge in [-0.3, -0.25) is 9.10 Å². The van der Waals surface area contributed by atoms with E-state index in [2.05, 4.69) is 10.5 Å². The first-order chi connectivity index (χ1) is 17.4. The third kappa shape index (κ3) is 5.77. The SMILES string of the molecule is CCOc1ccc(S(=O)(=O)N(CC(=O)N/N=C\c2cccc3c2OCCO3)c2ccc(C)cc2)cc1. The molecule has 0 spiro atoms. The molecule has 188 valence electrons. The van der Waals surface area contributed by atoms with Gasteiger partial charge in [0.05, 0.1) is 23.4 Å². The minimum Gasteiger partial charge on any atom is -0.494 e. The number of aryl methyl sites for hydroxylation is 1. The molecule has 0 fully saturated rings. The van der Waals surface area contributed by atoms with E-state index in [4.69, 9.17) is 14.2 Å². The number of hydrazone groups is 1. The van der Waals surface area contributed by atoms with Crippen LogP contribution in [0.15, 0.2) is 76.7 Å². The van der Waals surface area contributed by atoms with Gasteiger partial charge in [-0.2, -0.15) is 5.10 Å². The maximum absolute atomic E-state index is 13.5. The first-order valence-electron chi connectivity index (χ1n) is 11.4. The fraction of sp³-hybridized carbons (Fsp3) is 0.231. The van der Waals surface area contributed by atoms with E-state index < -0.39 is 22.5 Å². The second-order valence-corrected chi connectivity index (χ2v) is 9.78. The minimum atomic E-state index is -4.05. The largest absolute Gasteiger partial charge is 0.494 e. The highest BCUT2D eigenvalue weighted by atomic mass is 32.2. The third-order valence-corrected chi connectivity index (χ3v) is 7.11. The Kier molecular flexibility index (Phi) is 7.74. The number of fused-ring (bicyclic) bond motifs is 1. The number of carbonyl (C=O) groups excluding carboxylic acids is 1. The number of ether oxygens (including phenoxy) is 3. The van der Waals surface area contributed by atoms with Gasteiger partial charge in [-0.1, -0.05) is 23.8 Å². The highest BCUT2D eigenvalue weighted by Crippen LogP contribution is 2.32.